The Hall–Kier alpha value is -0.120. The highest BCUT2D eigenvalue weighted by molar-refractivity contribution is 4.75. The molecule has 3 heteroatoms. The second kappa shape index (κ2) is 13.3. The predicted molar refractivity (Wildman–Crippen MR) is 78.1 cm³/mol. The first-order chi connectivity index (χ1) is 8.79. The smallest absolute Gasteiger partial charge is 0.0726 e. The first-order valence-corrected chi connectivity index (χ1v) is 7.72. The van der Waals surface area contributed by atoms with E-state index in [4.69, 9.17) is 9.47 Å². The monoisotopic (exact) mass is 259 g/mol. The standard InChI is InChI=1S/C15H33NO2/c1-5-9-11-17-12-13-18-15(7-3)14(10-6-2)16-8-4/h14-16H,5-13H2,1-4H3. The summed E-state index contributed by atoms with van der Waals surface area (Å²) in [6.07, 6.45) is 6.10. The third-order valence-electron chi connectivity index (χ3n) is 3.12. The lowest BCUT2D eigenvalue weighted by Crippen LogP contribution is -2.41. The summed E-state index contributed by atoms with van der Waals surface area (Å²) in [4.78, 5) is 0. The molecule has 2 atom stereocenters. The molecule has 110 valence electrons. The third kappa shape index (κ3) is 8.90. The molecule has 0 saturated carbocycles. The molecule has 0 bridgehead atoms. The van der Waals surface area contributed by atoms with Crippen LogP contribution in [0.5, 0.6) is 0 Å². The van der Waals surface area contributed by atoms with Crippen LogP contribution in [0.2, 0.25) is 0 Å². The van der Waals surface area contributed by atoms with Crippen molar-refractivity contribution in [2.45, 2.75) is 71.9 Å². The van der Waals surface area contributed by atoms with Crippen molar-refractivity contribution >= 4 is 0 Å². The van der Waals surface area contributed by atoms with Crippen molar-refractivity contribution < 1.29 is 9.47 Å². The van der Waals surface area contributed by atoms with Crippen molar-refractivity contribution in [3.05, 3.63) is 0 Å². The van der Waals surface area contributed by atoms with Gasteiger partial charge in [-0.3, -0.25) is 0 Å². The minimum absolute atomic E-state index is 0.319. The van der Waals surface area contributed by atoms with Crippen LogP contribution < -0.4 is 5.32 Å². The fourth-order valence-corrected chi connectivity index (χ4v) is 2.12. The summed E-state index contributed by atoms with van der Waals surface area (Å²) >= 11 is 0. The molecular formula is C15H33NO2. The van der Waals surface area contributed by atoms with Gasteiger partial charge in [0.05, 0.1) is 19.3 Å². The Bertz CT molecular complexity index is 159. The maximum absolute atomic E-state index is 5.95. The molecule has 0 aliphatic heterocycles. The third-order valence-corrected chi connectivity index (χ3v) is 3.12. The zero-order chi connectivity index (χ0) is 13.6. The predicted octanol–water partition coefficient (Wildman–Crippen LogP) is 3.38. The molecule has 18 heavy (non-hydrogen) atoms. The normalized spacial score (nSPS) is 14.7. The SMILES string of the molecule is CCCCOCCOC(CC)C(CCC)NCC. The van der Waals surface area contributed by atoms with Crippen molar-refractivity contribution in [2.24, 2.45) is 0 Å². The quantitative estimate of drug-likeness (QED) is 0.514. The highest BCUT2D eigenvalue weighted by Crippen LogP contribution is 2.10. The van der Waals surface area contributed by atoms with E-state index in [1.807, 2.05) is 0 Å². The molecule has 0 aromatic carbocycles. The number of unbranched alkanes of at least 4 members (excludes halogenated alkanes) is 1. The van der Waals surface area contributed by atoms with Gasteiger partial charge in [-0.25, -0.2) is 0 Å². The molecule has 0 aromatic rings. The lowest BCUT2D eigenvalue weighted by atomic mass is 10.0. The van der Waals surface area contributed by atoms with E-state index in [1.54, 1.807) is 0 Å². The van der Waals surface area contributed by atoms with Gasteiger partial charge in [-0.2, -0.15) is 0 Å². The molecule has 0 saturated heterocycles. The number of nitrogens with one attached hydrogen (secondary N) is 1. The summed E-state index contributed by atoms with van der Waals surface area (Å²) < 4.78 is 11.5. The van der Waals surface area contributed by atoms with E-state index in [1.165, 1.54) is 19.3 Å². The first kappa shape index (κ1) is 17.9. The molecule has 1 N–H and O–H groups in total. The highest BCUT2D eigenvalue weighted by atomic mass is 16.5. The number of hydrogen-bond donors (Lipinski definition) is 1. The van der Waals surface area contributed by atoms with Crippen molar-refractivity contribution in [3.63, 3.8) is 0 Å². The van der Waals surface area contributed by atoms with Crippen molar-refractivity contribution in [2.75, 3.05) is 26.4 Å². The van der Waals surface area contributed by atoms with Crippen LogP contribution in [0.25, 0.3) is 0 Å². The number of likely N-dealkylation sites (N-methyl/N-ethyl adjacent to an activating group) is 1. The Labute approximate surface area is 114 Å². The molecule has 2 unspecified atom stereocenters. The molecule has 3 nitrogen and oxygen atoms in total. The van der Waals surface area contributed by atoms with Crippen LogP contribution >= 0.6 is 0 Å². The molecular weight excluding hydrogens is 226 g/mol. The molecule has 0 aliphatic carbocycles. The van der Waals surface area contributed by atoms with E-state index in [0.29, 0.717) is 18.8 Å². The molecule has 0 rings (SSSR count). The van der Waals surface area contributed by atoms with Gasteiger partial charge in [0.15, 0.2) is 0 Å². The van der Waals surface area contributed by atoms with Gasteiger partial charge in [0.1, 0.15) is 0 Å². The highest BCUT2D eigenvalue weighted by Gasteiger charge is 2.18. The first-order valence-electron chi connectivity index (χ1n) is 7.72. The van der Waals surface area contributed by atoms with Gasteiger partial charge in [-0.15, -0.1) is 0 Å². The second-order valence-corrected chi connectivity index (χ2v) is 4.74. The Morgan fingerprint density at radius 3 is 2.28 bits per heavy atom. The van der Waals surface area contributed by atoms with E-state index < -0.39 is 0 Å². The Morgan fingerprint density at radius 1 is 0.944 bits per heavy atom. The summed E-state index contributed by atoms with van der Waals surface area (Å²) in [6.45, 7) is 12.1. The Balaban J connectivity index is 3.77. The number of rotatable bonds is 13. The van der Waals surface area contributed by atoms with Gasteiger partial charge in [0.25, 0.3) is 0 Å². The average molecular weight is 259 g/mol. The molecule has 0 radical (unpaired) electrons. The van der Waals surface area contributed by atoms with E-state index in [9.17, 15) is 0 Å². The van der Waals surface area contributed by atoms with E-state index >= 15 is 0 Å². The van der Waals surface area contributed by atoms with Gasteiger partial charge in [0.2, 0.25) is 0 Å². The lowest BCUT2D eigenvalue weighted by molar-refractivity contribution is -0.0147. The van der Waals surface area contributed by atoms with Crippen LogP contribution in [0.4, 0.5) is 0 Å². The van der Waals surface area contributed by atoms with Crippen molar-refractivity contribution in [1.82, 2.24) is 5.32 Å². The number of hydrogen-bond acceptors (Lipinski definition) is 3. The maximum Gasteiger partial charge on any atom is 0.0726 e. The molecule has 0 fully saturated rings. The summed E-state index contributed by atoms with van der Waals surface area (Å²) in [5.41, 5.74) is 0. The van der Waals surface area contributed by atoms with Gasteiger partial charge in [-0.05, 0) is 25.8 Å². The van der Waals surface area contributed by atoms with E-state index in [0.717, 1.165) is 32.6 Å². The largest absolute Gasteiger partial charge is 0.379 e. The fraction of sp³-hybridized carbons (Fsp3) is 1.00. The molecule has 0 spiro atoms. The topological polar surface area (TPSA) is 30.5 Å². The van der Waals surface area contributed by atoms with Crippen LogP contribution in [0, 0.1) is 0 Å². The molecule has 0 aliphatic rings. The zero-order valence-corrected chi connectivity index (χ0v) is 12.8. The summed E-state index contributed by atoms with van der Waals surface area (Å²) in [5, 5.41) is 3.53. The number of ether oxygens (including phenoxy) is 2. The van der Waals surface area contributed by atoms with Gasteiger partial charge in [-0.1, -0.05) is 40.5 Å². The maximum atomic E-state index is 5.95. The second-order valence-electron chi connectivity index (χ2n) is 4.74. The minimum atomic E-state index is 0.319. The Morgan fingerprint density at radius 2 is 1.72 bits per heavy atom. The van der Waals surface area contributed by atoms with Gasteiger partial charge < -0.3 is 14.8 Å². The van der Waals surface area contributed by atoms with E-state index in [2.05, 4.69) is 33.0 Å². The summed E-state index contributed by atoms with van der Waals surface area (Å²) in [7, 11) is 0. The lowest BCUT2D eigenvalue weighted by Gasteiger charge is -2.27. The summed E-state index contributed by atoms with van der Waals surface area (Å²) in [6, 6.07) is 0.487. The summed E-state index contributed by atoms with van der Waals surface area (Å²) in [5.74, 6) is 0. The van der Waals surface area contributed by atoms with E-state index in [-0.39, 0.29) is 0 Å². The van der Waals surface area contributed by atoms with Gasteiger partial charge >= 0.3 is 0 Å². The van der Waals surface area contributed by atoms with Crippen molar-refractivity contribution in [3.8, 4) is 0 Å². The molecule has 0 aromatic heterocycles. The van der Waals surface area contributed by atoms with Crippen LogP contribution in [-0.2, 0) is 9.47 Å². The Kier molecular flexibility index (Phi) is 13.2. The minimum Gasteiger partial charge on any atom is -0.379 e. The van der Waals surface area contributed by atoms with Crippen LogP contribution in [-0.4, -0.2) is 38.5 Å². The van der Waals surface area contributed by atoms with Crippen LogP contribution in [0.3, 0.4) is 0 Å². The van der Waals surface area contributed by atoms with Gasteiger partial charge in [0, 0.05) is 12.6 Å². The average Bonchev–Trinajstić information content (AvgIpc) is 2.38. The molecule has 0 amide bonds. The fourth-order valence-electron chi connectivity index (χ4n) is 2.12. The molecule has 0 heterocycles. The van der Waals surface area contributed by atoms with Crippen LogP contribution in [0.15, 0.2) is 0 Å². The zero-order valence-electron chi connectivity index (χ0n) is 12.8. The van der Waals surface area contributed by atoms with Crippen LogP contribution in [0.1, 0.15) is 59.8 Å². The van der Waals surface area contributed by atoms with Crippen molar-refractivity contribution in [1.29, 1.82) is 0 Å².